The minimum Gasteiger partial charge on any atom is -0.380 e. The second-order valence-corrected chi connectivity index (χ2v) is 4.62. The average molecular weight is 274 g/mol. The molecule has 0 saturated carbocycles. The minimum atomic E-state index is -0.263. The lowest BCUT2D eigenvalue weighted by molar-refractivity contribution is 0.185. The molecule has 0 spiro atoms. The lowest BCUT2D eigenvalue weighted by Crippen LogP contribution is -2.20. The van der Waals surface area contributed by atoms with Crippen LogP contribution in [0, 0.1) is 5.82 Å². The van der Waals surface area contributed by atoms with Crippen molar-refractivity contribution >= 4 is 5.69 Å². The predicted octanol–water partition coefficient (Wildman–Crippen LogP) is 3.08. The Morgan fingerprint density at radius 3 is 2.55 bits per heavy atom. The molecule has 0 bridgehead atoms. The lowest BCUT2D eigenvalue weighted by Gasteiger charge is -2.19. The molecular weight excluding hydrogens is 255 g/mol. The Labute approximate surface area is 118 Å². The summed E-state index contributed by atoms with van der Waals surface area (Å²) in [5.74, 6) is -0.263. The summed E-state index contributed by atoms with van der Waals surface area (Å²) >= 11 is 0. The van der Waals surface area contributed by atoms with Crippen LogP contribution in [0.3, 0.4) is 0 Å². The van der Waals surface area contributed by atoms with E-state index in [1.165, 1.54) is 12.1 Å². The number of rotatable bonds is 6. The third-order valence-corrected chi connectivity index (χ3v) is 3.09. The van der Waals surface area contributed by atoms with Crippen molar-refractivity contribution in [2.24, 2.45) is 5.73 Å². The van der Waals surface area contributed by atoms with E-state index >= 15 is 0 Å². The van der Waals surface area contributed by atoms with Crippen LogP contribution in [0.1, 0.15) is 17.2 Å². The van der Waals surface area contributed by atoms with Crippen molar-refractivity contribution in [3.8, 4) is 0 Å². The molecule has 3 N–H and O–H groups in total. The number of nitrogens with two attached hydrogens (primary N) is 1. The molecule has 0 aliphatic heterocycles. The maximum Gasteiger partial charge on any atom is 0.125 e. The van der Waals surface area contributed by atoms with Gasteiger partial charge in [0, 0.05) is 19.3 Å². The molecule has 2 aromatic carbocycles. The molecule has 1 unspecified atom stereocenters. The van der Waals surface area contributed by atoms with Gasteiger partial charge in [-0.15, -0.1) is 0 Å². The van der Waals surface area contributed by atoms with Gasteiger partial charge >= 0.3 is 0 Å². The summed E-state index contributed by atoms with van der Waals surface area (Å²) in [6.07, 6.45) is 0. The summed E-state index contributed by atoms with van der Waals surface area (Å²) in [4.78, 5) is 0. The van der Waals surface area contributed by atoms with E-state index in [0.717, 1.165) is 16.8 Å². The van der Waals surface area contributed by atoms with E-state index in [0.29, 0.717) is 13.2 Å². The fourth-order valence-corrected chi connectivity index (χ4v) is 2.07. The number of nitrogens with one attached hydrogen (secondary N) is 1. The molecule has 0 aliphatic rings. The van der Waals surface area contributed by atoms with Crippen LogP contribution in [-0.4, -0.2) is 13.7 Å². The standard InChI is InChI=1S/C16H19FN2O/c1-20-11-12-5-7-13(8-6-12)16(10-18)19-15-4-2-3-14(17)9-15/h2-9,16,19H,10-11,18H2,1H3. The summed E-state index contributed by atoms with van der Waals surface area (Å²) in [6.45, 7) is 1.02. The summed E-state index contributed by atoms with van der Waals surface area (Å²) in [5.41, 5.74) is 8.71. The van der Waals surface area contributed by atoms with Crippen LogP contribution < -0.4 is 11.1 Å². The number of ether oxygens (including phenoxy) is 1. The van der Waals surface area contributed by atoms with Gasteiger partial charge in [-0.3, -0.25) is 0 Å². The van der Waals surface area contributed by atoms with Gasteiger partial charge in [0.25, 0.3) is 0 Å². The van der Waals surface area contributed by atoms with Gasteiger partial charge in [0.2, 0.25) is 0 Å². The van der Waals surface area contributed by atoms with Gasteiger partial charge in [-0.2, -0.15) is 0 Å². The Morgan fingerprint density at radius 2 is 1.95 bits per heavy atom. The van der Waals surface area contributed by atoms with E-state index in [1.54, 1.807) is 13.2 Å². The quantitative estimate of drug-likeness (QED) is 0.851. The monoisotopic (exact) mass is 274 g/mol. The van der Waals surface area contributed by atoms with Crippen LogP contribution in [-0.2, 0) is 11.3 Å². The second-order valence-electron chi connectivity index (χ2n) is 4.62. The molecule has 2 rings (SSSR count). The van der Waals surface area contributed by atoms with Crippen LogP contribution in [0.2, 0.25) is 0 Å². The zero-order valence-electron chi connectivity index (χ0n) is 11.5. The fourth-order valence-electron chi connectivity index (χ4n) is 2.07. The highest BCUT2D eigenvalue weighted by Gasteiger charge is 2.09. The largest absolute Gasteiger partial charge is 0.380 e. The van der Waals surface area contributed by atoms with E-state index in [9.17, 15) is 4.39 Å². The summed E-state index contributed by atoms with van der Waals surface area (Å²) in [6, 6.07) is 14.4. The Morgan fingerprint density at radius 1 is 1.20 bits per heavy atom. The Balaban J connectivity index is 2.11. The number of hydrogen-bond acceptors (Lipinski definition) is 3. The first-order valence-corrected chi connectivity index (χ1v) is 6.53. The molecule has 3 nitrogen and oxygen atoms in total. The molecule has 0 aliphatic carbocycles. The number of hydrogen-bond donors (Lipinski definition) is 2. The molecule has 0 fully saturated rings. The molecule has 1 atom stereocenters. The van der Waals surface area contributed by atoms with Crippen molar-refractivity contribution in [2.75, 3.05) is 19.0 Å². The SMILES string of the molecule is COCc1ccc(C(CN)Nc2cccc(F)c2)cc1. The van der Waals surface area contributed by atoms with E-state index in [4.69, 9.17) is 10.5 Å². The van der Waals surface area contributed by atoms with Crippen LogP contribution in [0.15, 0.2) is 48.5 Å². The molecule has 2 aromatic rings. The van der Waals surface area contributed by atoms with Gasteiger partial charge < -0.3 is 15.8 Å². The van der Waals surface area contributed by atoms with Gasteiger partial charge in [0.15, 0.2) is 0 Å². The number of anilines is 1. The van der Waals surface area contributed by atoms with Gasteiger partial charge in [-0.25, -0.2) is 4.39 Å². The zero-order chi connectivity index (χ0) is 14.4. The molecule has 0 radical (unpaired) electrons. The topological polar surface area (TPSA) is 47.3 Å². The summed E-state index contributed by atoms with van der Waals surface area (Å²) in [7, 11) is 1.67. The molecule has 0 saturated heterocycles. The molecule has 106 valence electrons. The van der Waals surface area contributed by atoms with Gasteiger partial charge in [-0.1, -0.05) is 30.3 Å². The highest BCUT2D eigenvalue weighted by Crippen LogP contribution is 2.20. The lowest BCUT2D eigenvalue weighted by atomic mass is 10.0. The Hall–Kier alpha value is -1.91. The molecule has 0 heterocycles. The highest BCUT2D eigenvalue weighted by atomic mass is 19.1. The maximum absolute atomic E-state index is 13.2. The van der Waals surface area contributed by atoms with Gasteiger partial charge in [-0.05, 0) is 29.3 Å². The van der Waals surface area contributed by atoms with Crippen molar-refractivity contribution in [1.29, 1.82) is 0 Å². The molecule has 0 aromatic heterocycles. The third kappa shape index (κ3) is 3.79. The van der Waals surface area contributed by atoms with E-state index in [2.05, 4.69) is 5.32 Å². The summed E-state index contributed by atoms with van der Waals surface area (Å²) in [5, 5.41) is 3.24. The smallest absolute Gasteiger partial charge is 0.125 e. The van der Waals surface area contributed by atoms with Crippen LogP contribution >= 0.6 is 0 Å². The van der Waals surface area contributed by atoms with E-state index in [-0.39, 0.29) is 11.9 Å². The molecule has 4 heteroatoms. The van der Waals surface area contributed by atoms with E-state index < -0.39 is 0 Å². The van der Waals surface area contributed by atoms with Crippen LogP contribution in [0.25, 0.3) is 0 Å². The predicted molar refractivity (Wildman–Crippen MR) is 79.0 cm³/mol. The Kier molecular flexibility index (Phi) is 5.09. The third-order valence-electron chi connectivity index (χ3n) is 3.09. The molecular formula is C16H19FN2O. The van der Waals surface area contributed by atoms with Crippen molar-refractivity contribution in [1.82, 2.24) is 0 Å². The minimum absolute atomic E-state index is 0.0478. The summed E-state index contributed by atoms with van der Waals surface area (Å²) < 4.78 is 18.3. The van der Waals surface area contributed by atoms with Gasteiger partial charge in [0.05, 0.1) is 12.6 Å². The van der Waals surface area contributed by atoms with Crippen molar-refractivity contribution in [3.63, 3.8) is 0 Å². The first-order valence-electron chi connectivity index (χ1n) is 6.53. The maximum atomic E-state index is 13.2. The normalized spacial score (nSPS) is 12.2. The fraction of sp³-hybridized carbons (Fsp3) is 0.250. The first-order chi connectivity index (χ1) is 9.72. The van der Waals surface area contributed by atoms with Gasteiger partial charge in [0.1, 0.15) is 5.82 Å². The van der Waals surface area contributed by atoms with E-state index in [1.807, 2.05) is 30.3 Å². The number of methoxy groups -OCH3 is 1. The van der Waals surface area contributed by atoms with Crippen LogP contribution in [0.4, 0.5) is 10.1 Å². The molecule has 0 amide bonds. The number of benzene rings is 2. The molecule has 20 heavy (non-hydrogen) atoms. The number of halogens is 1. The van der Waals surface area contributed by atoms with Crippen molar-refractivity contribution < 1.29 is 9.13 Å². The Bertz CT molecular complexity index is 542. The van der Waals surface area contributed by atoms with Crippen molar-refractivity contribution in [2.45, 2.75) is 12.6 Å². The first kappa shape index (κ1) is 14.5. The van der Waals surface area contributed by atoms with Crippen molar-refractivity contribution in [3.05, 3.63) is 65.5 Å². The van der Waals surface area contributed by atoms with Crippen LogP contribution in [0.5, 0.6) is 0 Å². The second kappa shape index (κ2) is 7.03. The highest BCUT2D eigenvalue weighted by molar-refractivity contribution is 5.46. The average Bonchev–Trinajstić information content (AvgIpc) is 2.46. The zero-order valence-corrected chi connectivity index (χ0v) is 11.5.